The second-order valence-corrected chi connectivity index (χ2v) is 6.97. The summed E-state index contributed by atoms with van der Waals surface area (Å²) in [6.07, 6.45) is 0. The van der Waals surface area contributed by atoms with Crippen LogP contribution >= 0.6 is 34.7 Å². The Morgan fingerprint density at radius 1 is 1.30 bits per heavy atom. The number of hydrogen-bond acceptors (Lipinski definition) is 3. The smallest absolute Gasteiger partial charge is 0.308 e. The maximum Gasteiger partial charge on any atom is 0.323 e. The number of halogens is 1. The molecule has 1 aromatic carbocycles. The van der Waals surface area contributed by atoms with Crippen molar-refractivity contribution in [1.82, 2.24) is 4.90 Å². The number of hydrogen-bond donors (Lipinski definition) is 1. The van der Waals surface area contributed by atoms with Crippen LogP contribution in [-0.4, -0.2) is 23.2 Å². The zero-order valence-electron chi connectivity index (χ0n) is 10.6. The molecule has 1 atom stereocenters. The van der Waals surface area contributed by atoms with Gasteiger partial charge >= 0.3 is 6.03 Å². The quantitative estimate of drug-likeness (QED) is 0.869. The third-order valence-electron chi connectivity index (χ3n) is 3.03. The van der Waals surface area contributed by atoms with Crippen LogP contribution < -0.4 is 5.32 Å². The van der Waals surface area contributed by atoms with Gasteiger partial charge < -0.3 is 10.2 Å². The Morgan fingerprint density at radius 3 is 2.80 bits per heavy atom. The molecule has 1 aliphatic rings. The van der Waals surface area contributed by atoms with E-state index < -0.39 is 0 Å². The van der Waals surface area contributed by atoms with Crippen LogP contribution in [0.25, 0.3) is 0 Å². The summed E-state index contributed by atoms with van der Waals surface area (Å²) in [7, 11) is 0. The second-order valence-electron chi connectivity index (χ2n) is 4.37. The molecular weight excluding hydrogens is 312 g/mol. The van der Waals surface area contributed by atoms with Crippen molar-refractivity contribution in [2.24, 2.45) is 0 Å². The molecule has 0 spiro atoms. The number of rotatable bonds is 2. The molecule has 2 heterocycles. The monoisotopic (exact) mass is 324 g/mol. The molecule has 3 rings (SSSR count). The molecule has 1 aliphatic heterocycles. The summed E-state index contributed by atoms with van der Waals surface area (Å²) in [6.45, 7) is 0.770. The van der Waals surface area contributed by atoms with Crippen LogP contribution in [0.2, 0.25) is 5.02 Å². The van der Waals surface area contributed by atoms with Crippen molar-refractivity contribution >= 4 is 46.4 Å². The first-order chi connectivity index (χ1) is 9.74. The Morgan fingerprint density at radius 2 is 2.10 bits per heavy atom. The summed E-state index contributed by atoms with van der Waals surface area (Å²) in [5, 5.41) is 5.76. The van der Waals surface area contributed by atoms with E-state index in [0.29, 0.717) is 5.02 Å². The first kappa shape index (κ1) is 13.8. The predicted molar refractivity (Wildman–Crippen MR) is 86.7 cm³/mol. The van der Waals surface area contributed by atoms with E-state index >= 15 is 0 Å². The van der Waals surface area contributed by atoms with Gasteiger partial charge in [0, 0.05) is 27.9 Å². The van der Waals surface area contributed by atoms with Crippen LogP contribution in [0.5, 0.6) is 0 Å². The third-order valence-corrected chi connectivity index (χ3v) is 5.60. The average Bonchev–Trinajstić information content (AvgIpc) is 3.11. The molecule has 1 fully saturated rings. The molecule has 3 nitrogen and oxygen atoms in total. The number of carbonyl (C=O) groups is 1. The van der Waals surface area contributed by atoms with Gasteiger partial charge in [0.25, 0.3) is 0 Å². The van der Waals surface area contributed by atoms with Gasteiger partial charge in [-0.1, -0.05) is 17.7 Å². The number of nitrogens with zero attached hydrogens (tertiary/aromatic N) is 1. The second kappa shape index (κ2) is 6.08. The average molecular weight is 325 g/mol. The highest BCUT2D eigenvalue weighted by atomic mass is 35.5. The molecule has 0 saturated carbocycles. The molecule has 0 radical (unpaired) electrons. The van der Waals surface area contributed by atoms with E-state index in [1.807, 2.05) is 28.5 Å². The van der Waals surface area contributed by atoms with E-state index in [-0.39, 0.29) is 11.4 Å². The van der Waals surface area contributed by atoms with Gasteiger partial charge in [0.05, 0.1) is 0 Å². The number of amides is 2. The molecule has 0 aliphatic carbocycles. The highest BCUT2D eigenvalue weighted by molar-refractivity contribution is 7.99. The van der Waals surface area contributed by atoms with Gasteiger partial charge in [0.2, 0.25) is 0 Å². The Balaban J connectivity index is 1.71. The summed E-state index contributed by atoms with van der Waals surface area (Å²) < 4.78 is 0. The highest BCUT2D eigenvalue weighted by Gasteiger charge is 2.31. The lowest BCUT2D eigenvalue weighted by Gasteiger charge is -2.23. The molecule has 104 valence electrons. The van der Waals surface area contributed by atoms with Crippen molar-refractivity contribution in [3.63, 3.8) is 0 Å². The van der Waals surface area contributed by atoms with Crippen LogP contribution in [0.4, 0.5) is 10.5 Å². The van der Waals surface area contributed by atoms with Crippen molar-refractivity contribution in [3.05, 3.63) is 51.7 Å². The molecule has 1 saturated heterocycles. The maximum absolute atomic E-state index is 12.4. The van der Waals surface area contributed by atoms with Gasteiger partial charge in [-0.3, -0.25) is 0 Å². The van der Waals surface area contributed by atoms with Gasteiger partial charge in [-0.15, -0.1) is 23.1 Å². The number of urea groups is 1. The fourth-order valence-electron chi connectivity index (χ4n) is 2.07. The standard InChI is InChI=1S/C14H13ClN2OS2/c15-10-3-5-11(6-4-10)16-14(18)17-7-9-20-13(17)12-2-1-8-19-12/h1-6,8,13H,7,9H2,(H,16,18)/t13-/m1/s1. The van der Waals surface area contributed by atoms with Gasteiger partial charge in [-0.25, -0.2) is 4.79 Å². The number of thioether (sulfide) groups is 1. The van der Waals surface area contributed by atoms with E-state index in [0.717, 1.165) is 18.0 Å². The van der Waals surface area contributed by atoms with Crippen molar-refractivity contribution in [2.45, 2.75) is 5.37 Å². The Kier molecular flexibility index (Phi) is 4.19. The minimum Gasteiger partial charge on any atom is -0.308 e. The maximum atomic E-state index is 12.4. The van der Waals surface area contributed by atoms with Crippen LogP contribution in [0.1, 0.15) is 10.3 Å². The van der Waals surface area contributed by atoms with E-state index in [1.54, 1.807) is 35.2 Å². The third kappa shape index (κ3) is 2.95. The number of benzene rings is 1. The van der Waals surface area contributed by atoms with Gasteiger partial charge in [0.15, 0.2) is 0 Å². The van der Waals surface area contributed by atoms with Crippen LogP contribution in [-0.2, 0) is 0 Å². The lowest BCUT2D eigenvalue weighted by Crippen LogP contribution is -2.34. The lowest BCUT2D eigenvalue weighted by molar-refractivity contribution is 0.215. The molecule has 2 aromatic rings. The molecule has 2 amide bonds. The SMILES string of the molecule is O=C(Nc1ccc(Cl)cc1)N1CCS[C@@H]1c1cccs1. The number of anilines is 1. The topological polar surface area (TPSA) is 32.3 Å². The van der Waals surface area contributed by atoms with Crippen molar-refractivity contribution in [1.29, 1.82) is 0 Å². The summed E-state index contributed by atoms with van der Waals surface area (Å²) in [4.78, 5) is 15.5. The summed E-state index contributed by atoms with van der Waals surface area (Å²) in [6, 6.07) is 11.2. The minimum atomic E-state index is -0.0595. The zero-order valence-corrected chi connectivity index (χ0v) is 13.0. The molecule has 1 N–H and O–H groups in total. The molecule has 6 heteroatoms. The van der Waals surface area contributed by atoms with E-state index in [2.05, 4.69) is 11.4 Å². The van der Waals surface area contributed by atoms with Gasteiger partial charge in [-0.2, -0.15) is 0 Å². The summed E-state index contributed by atoms with van der Waals surface area (Å²) >= 11 is 9.33. The van der Waals surface area contributed by atoms with Gasteiger partial charge in [-0.05, 0) is 35.7 Å². The molecule has 20 heavy (non-hydrogen) atoms. The van der Waals surface area contributed by atoms with Crippen molar-refractivity contribution < 1.29 is 4.79 Å². The molecule has 0 unspecified atom stereocenters. The van der Waals surface area contributed by atoms with E-state index in [9.17, 15) is 4.79 Å². The Hall–Kier alpha value is -1.17. The fourth-order valence-corrected chi connectivity index (χ4v) is 4.44. The summed E-state index contributed by atoms with van der Waals surface area (Å²) in [5.41, 5.74) is 0.765. The Labute approximate surface area is 130 Å². The lowest BCUT2D eigenvalue weighted by atomic mass is 10.3. The predicted octanol–water partition coefficient (Wildman–Crippen LogP) is 4.68. The Bertz CT molecular complexity index is 586. The number of nitrogens with one attached hydrogen (secondary N) is 1. The number of thiophene rings is 1. The van der Waals surface area contributed by atoms with Crippen molar-refractivity contribution in [2.75, 3.05) is 17.6 Å². The normalized spacial score (nSPS) is 18.2. The van der Waals surface area contributed by atoms with Crippen LogP contribution in [0, 0.1) is 0 Å². The largest absolute Gasteiger partial charge is 0.323 e. The molecular formula is C14H13ClN2OS2. The molecule has 0 bridgehead atoms. The van der Waals surface area contributed by atoms with E-state index in [1.165, 1.54) is 4.88 Å². The van der Waals surface area contributed by atoms with Gasteiger partial charge in [0.1, 0.15) is 5.37 Å². The zero-order chi connectivity index (χ0) is 13.9. The van der Waals surface area contributed by atoms with Crippen LogP contribution in [0.3, 0.4) is 0 Å². The first-order valence-electron chi connectivity index (χ1n) is 6.22. The highest BCUT2D eigenvalue weighted by Crippen LogP contribution is 2.40. The van der Waals surface area contributed by atoms with Crippen LogP contribution in [0.15, 0.2) is 41.8 Å². The van der Waals surface area contributed by atoms with E-state index in [4.69, 9.17) is 11.6 Å². The number of carbonyl (C=O) groups excluding carboxylic acids is 1. The van der Waals surface area contributed by atoms with Crippen molar-refractivity contribution in [3.8, 4) is 0 Å². The summed E-state index contributed by atoms with van der Waals surface area (Å²) in [5.74, 6) is 0.969. The minimum absolute atomic E-state index is 0.0595. The molecule has 1 aromatic heterocycles. The fraction of sp³-hybridized carbons (Fsp3) is 0.214. The first-order valence-corrected chi connectivity index (χ1v) is 8.53.